The molecule has 23 heavy (non-hydrogen) atoms. The van der Waals surface area contributed by atoms with E-state index in [9.17, 15) is 4.79 Å². The Hall–Kier alpha value is -1.39. The monoisotopic (exact) mass is 319 g/mol. The van der Waals surface area contributed by atoms with Crippen molar-refractivity contribution in [1.82, 2.24) is 5.32 Å². The van der Waals surface area contributed by atoms with Gasteiger partial charge in [0, 0.05) is 25.2 Å². The van der Waals surface area contributed by atoms with Crippen LogP contribution in [-0.2, 0) is 14.9 Å². The number of benzene rings is 1. The number of carbonyl (C=O) groups excluding carboxylic acids is 1. The van der Waals surface area contributed by atoms with Crippen molar-refractivity contribution in [2.75, 3.05) is 32.8 Å². The van der Waals surface area contributed by atoms with Crippen molar-refractivity contribution in [3.05, 3.63) is 35.9 Å². The Labute approximate surface area is 140 Å². The van der Waals surface area contributed by atoms with Crippen molar-refractivity contribution >= 4 is 5.91 Å². The zero-order valence-electron chi connectivity index (χ0n) is 14.7. The molecule has 0 radical (unpaired) electrons. The van der Waals surface area contributed by atoms with Gasteiger partial charge in [-0.2, -0.15) is 0 Å². The van der Waals surface area contributed by atoms with Crippen LogP contribution < -0.4 is 10.2 Å². The highest BCUT2D eigenvalue weighted by molar-refractivity contribution is 5.80. The predicted molar refractivity (Wildman–Crippen MR) is 92.7 cm³/mol. The molecule has 0 aromatic heterocycles. The van der Waals surface area contributed by atoms with E-state index < -0.39 is 0 Å². The minimum absolute atomic E-state index is 0.00216. The van der Waals surface area contributed by atoms with Gasteiger partial charge in [-0.3, -0.25) is 4.79 Å². The van der Waals surface area contributed by atoms with Crippen LogP contribution >= 0.6 is 0 Å². The van der Waals surface area contributed by atoms with Gasteiger partial charge < -0.3 is 15.0 Å². The van der Waals surface area contributed by atoms with Crippen molar-refractivity contribution in [3.63, 3.8) is 0 Å². The average Bonchev–Trinajstić information content (AvgIpc) is 2.62. The number of carbonyl (C=O) groups is 1. The summed E-state index contributed by atoms with van der Waals surface area (Å²) in [7, 11) is 0. The van der Waals surface area contributed by atoms with E-state index in [1.165, 1.54) is 10.5 Å². The van der Waals surface area contributed by atoms with Crippen LogP contribution in [0.2, 0.25) is 0 Å². The van der Waals surface area contributed by atoms with Gasteiger partial charge in [0.1, 0.15) is 0 Å². The standard InChI is InChI=1S/C19H30N2O2/c1-4-21(5-2)16(3)18(22)20-15-19(11-13-23-14-12-19)17-9-7-6-8-10-17/h6-10,16H,4-5,11-15H2,1-3H3,(H,20,22)/p+1/t16-/m1/s1. The molecule has 4 heteroatoms. The second-order valence-electron chi connectivity index (χ2n) is 6.56. The fraction of sp³-hybridized carbons (Fsp3) is 0.632. The van der Waals surface area contributed by atoms with E-state index >= 15 is 0 Å². The summed E-state index contributed by atoms with van der Waals surface area (Å²) in [5, 5.41) is 3.23. The molecule has 2 N–H and O–H groups in total. The lowest BCUT2D eigenvalue weighted by molar-refractivity contribution is -0.910. The molecule has 1 heterocycles. The van der Waals surface area contributed by atoms with E-state index in [2.05, 4.69) is 43.4 Å². The first-order chi connectivity index (χ1) is 11.1. The Balaban J connectivity index is 2.06. The lowest BCUT2D eigenvalue weighted by Crippen LogP contribution is -3.16. The van der Waals surface area contributed by atoms with Crippen molar-refractivity contribution in [3.8, 4) is 0 Å². The number of nitrogens with one attached hydrogen (secondary N) is 2. The minimum atomic E-state index is -0.00216. The van der Waals surface area contributed by atoms with Crippen molar-refractivity contribution in [1.29, 1.82) is 0 Å². The largest absolute Gasteiger partial charge is 0.381 e. The molecule has 1 aliphatic heterocycles. The summed E-state index contributed by atoms with van der Waals surface area (Å²) in [5.74, 6) is 0.158. The maximum absolute atomic E-state index is 12.6. The van der Waals surface area contributed by atoms with Gasteiger partial charge in [-0.15, -0.1) is 0 Å². The Kier molecular flexibility index (Phi) is 6.60. The first-order valence-electron chi connectivity index (χ1n) is 8.88. The van der Waals surface area contributed by atoms with Crippen LogP contribution in [0, 0.1) is 0 Å². The highest BCUT2D eigenvalue weighted by atomic mass is 16.5. The molecule has 0 aliphatic carbocycles. The molecule has 1 aromatic rings. The molecule has 0 bridgehead atoms. The van der Waals surface area contributed by atoms with Gasteiger partial charge in [0.15, 0.2) is 6.04 Å². The molecule has 128 valence electrons. The Bertz CT molecular complexity index is 479. The zero-order valence-corrected chi connectivity index (χ0v) is 14.7. The SMILES string of the molecule is CC[NH+](CC)[C@H](C)C(=O)NCC1(c2ccccc2)CCOCC1. The van der Waals surface area contributed by atoms with Crippen molar-refractivity contribution in [2.24, 2.45) is 0 Å². The van der Waals surface area contributed by atoms with Gasteiger partial charge in [0.2, 0.25) is 0 Å². The smallest absolute Gasteiger partial charge is 0.278 e. The first kappa shape index (κ1) is 18.0. The quantitative estimate of drug-likeness (QED) is 0.792. The molecule has 1 fully saturated rings. The number of likely N-dealkylation sites (N-methyl/N-ethyl adjacent to an activating group) is 1. The molecule has 2 rings (SSSR count). The molecule has 1 aliphatic rings. The van der Waals surface area contributed by atoms with Crippen LogP contribution in [0.3, 0.4) is 0 Å². The van der Waals surface area contributed by atoms with E-state index in [4.69, 9.17) is 4.74 Å². The summed E-state index contributed by atoms with van der Waals surface area (Å²) in [6.07, 6.45) is 1.92. The molecule has 0 saturated carbocycles. The fourth-order valence-electron chi connectivity index (χ4n) is 3.58. The third-order valence-corrected chi connectivity index (χ3v) is 5.35. The van der Waals surface area contributed by atoms with Crippen molar-refractivity contribution < 1.29 is 14.4 Å². The number of ether oxygens (including phenoxy) is 1. The summed E-state index contributed by atoms with van der Waals surface area (Å²) in [6, 6.07) is 10.6. The first-order valence-corrected chi connectivity index (χ1v) is 8.88. The molecule has 0 unspecified atom stereocenters. The molecule has 1 amide bonds. The Morgan fingerprint density at radius 1 is 1.22 bits per heavy atom. The van der Waals surface area contributed by atoms with Crippen LogP contribution in [0.4, 0.5) is 0 Å². The van der Waals surface area contributed by atoms with Gasteiger partial charge in [0.25, 0.3) is 5.91 Å². The summed E-state index contributed by atoms with van der Waals surface area (Å²) in [5.41, 5.74) is 1.32. The molecular formula is C19H31N2O2+. The van der Waals surface area contributed by atoms with E-state index in [-0.39, 0.29) is 17.4 Å². The van der Waals surface area contributed by atoms with Gasteiger partial charge in [-0.05, 0) is 39.2 Å². The maximum atomic E-state index is 12.6. The second kappa shape index (κ2) is 8.46. The molecule has 4 nitrogen and oxygen atoms in total. The Morgan fingerprint density at radius 3 is 2.39 bits per heavy atom. The molecule has 0 spiro atoms. The van der Waals surface area contributed by atoms with Crippen LogP contribution in [0.15, 0.2) is 30.3 Å². The number of quaternary nitrogens is 1. The maximum Gasteiger partial charge on any atom is 0.278 e. The normalized spacial score (nSPS) is 18.6. The number of rotatable bonds is 7. The average molecular weight is 319 g/mol. The minimum Gasteiger partial charge on any atom is -0.381 e. The Morgan fingerprint density at radius 2 is 1.83 bits per heavy atom. The molecular weight excluding hydrogens is 288 g/mol. The molecule has 1 atom stereocenters. The summed E-state index contributed by atoms with van der Waals surface area (Å²) in [4.78, 5) is 13.9. The van der Waals surface area contributed by atoms with Crippen LogP contribution in [0.5, 0.6) is 0 Å². The van der Waals surface area contributed by atoms with Crippen LogP contribution in [0.1, 0.15) is 39.2 Å². The fourth-order valence-corrected chi connectivity index (χ4v) is 3.58. The summed E-state index contributed by atoms with van der Waals surface area (Å²) in [6.45, 7) is 10.5. The number of hydrogen-bond donors (Lipinski definition) is 2. The van der Waals surface area contributed by atoms with E-state index in [1.54, 1.807) is 0 Å². The number of hydrogen-bond acceptors (Lipinski definition) is 2. The third kappa shape index (κ3) is 4.33. The molecule has 1 saturated heterocycles. The second-order valence-corrected chi connectivity index (χ2v) is 6.56. The van der Waals surface area contributed by atoms with E-state index in [1.807, 2.05) is 13.0 Å². The van der Waals surface area contributed by atoms with Gasteiger partial charge in [-0.25, -0.2) is 0 Å². The molecule has 1 aromatic carbocycles. The lowest BCUT2D eigenvalue weighted by Gasteiger charge is -2.38. The predicted octanol–water partition coefficient (Wildman–Crippen LogP) is 1.16. The summed E-state index contributed by atoms with van der Waals surface area (Å²) >= 11 is 0. The topological polar surface area (TPSA) is 42.8 Å². The summed E-state index contributed by atoms with van der Waals surface area (Å²) < 4.78 is 5.56. The van der Waals surface area contributed by atoms with Crippen molar-refractivity contribution in [2.45, 2.75) is 45.1 Å². The number of amides is 1. The third-order valence-electron chi connectivity index (χ3n) is 5.35. The van der Waals surface area contributed by atoms with Gasteiger partial charge in [0.05, 0.1) is 13.1 Å². The van der Waals surface area contributed by atoms with Gasteiger partial charge >= 0.3 is 0 Å². The highest BCUT2D eigenvalue weighted by Gasteiger charge is 2.35. The lowest BCUT2D eigenvalue weighted by atomic mass is 9.74. The van der Waals surface area contributed by atoms with E-state index in [0.29, 0.717) is 6.54 Å². The van der Waals surface area contributed by atoms with E-state index in [0.717, 1.165) is 39.1 Å². The van der Waals surface area contributed by atoms with Crippen LogP contribution in [-0.4, -0.2) is 44.8 Å². The van der Waals surface area contributed by atoms with Gasteiger partial charge in [-0.1, -0.05) is 30.3 Å². The van der Waals surface area contributed by atoms with Crippen LogP contribution in [0.25, 0.3) is 0 Å². The highest BCUT2D eigenvalue weighted by Crippen LogP contribution is 2.34. The zero-order chi connectivity index (χ0) is 16.7.